The van der Waals surface area contributed by atoms with Gasteiger partial charge in [0.05, 0.1) is 12.3 Å². The maximum atomic E-state index is 12.3. The summed E-state index contributed by atoms with van der Waals surface area (Å²) in [5.74, 6) is -1.81. The van der Waals surface area contributed by atoms with Crippen molar-refractivity contribution in [2.75, 3.05) is 0 Å². The van der Waals surface area contributed by atoms with Crippen molar-refractivity contribution in [3.05, 3.63) is 71.8 Å². The first-order chi connectivity index (χ1) is 12.7. The number of ether oxygens (including phenoxy) is 2. The Kier molecular flexibility index (Phi) is 7.86. The van der Waals surface area contributed by atoms with Crippen molar-refractivity contribution < 1.29 is 24.3 Å². The molecule has 2 aromatic carbocycles. The Balaban J connectivity index is 1.86. The number of hydrogen-bond acceptors (Lipinski definition) is 6. The van der Waals surface area contributed by atoms with Crippen molar-refractivity contribution in [3.63, 3.8) is 0 Å². The summed E-state index contributed by atoms with van der Waals surface area (Å²) < 4.78 is 10.5. The first-order valence-corrected chi connectivity index (χ1v) is 8.25. The minimum absolute atomic E-state index is 0.0879. The van der Waals surface area contributed by atoms with Gasteiger partial charge in [0, 0.05) is 6.21 Å². The van der Waals surface area contributed by atoms with E-state index in [0.29, 0.717) is 0 Å². The molecule has 1 atom stereocenters. The lowest BCUT2D eigenvalue weighted by atomic mass is 10.0. The molecule has 0 radical (unpaired) electrons. The molecular weight excluding hydrogens is 334 g/mol. The second-order valence-corrected chi connectivity index (χ2v) is 5.67. The summed E-state index contributed by atoms with van der Waals surface area (Å²) in [7, 11) is 0. The van der Waals surface area contributed by atoms with Gasteiger partial charge in [0.15, 0.2) is 0 Å². The van der Waals surface area contributed by atoms with Crippen LogP contribution in [0.1, 0.15) is 24.0 Å². The molecule has 1 unspecified atom stereocenters. The predicted molar refractivity (Wildman–Crippen MR) is 95.5 cm³/mol. The number of nitrogens with zero attached hydrogens (tertiary/aromatic N) is 1. The maximum Gasteiger partial charge on any atom is 0.310 e. The Bertz CT molecular complexity index is 715. The molecule has 0 bridgehead atoms. The Morgan fingerprint density at radius 3 is 2.00 bits per heavy atom. The van der Waals surface area contributed by atoms with E-state index in [0.717, 1.165) is 11.1 Å². The van der Waals surface area contributed by atoms with E-state index in [2.05, 4.69) is 5.16 Å². The summed E-state index contributed by atoms with van der Waals surface area (Å²) in [6, 6.07) is 18.5. The summed E-state index contributed by atoms with van der Waals surface area (Å²) in [6.45, 7) is 0.255. The standard InChI is InChI=1S/C20H21NO5/c22-19(25-14-16-7-3-1-4-8-16)13-18(11-12-21-24)20(23)26-15-17-9-5-2-6-10-17/h1-10,12,18,24H,11,13-15H2/b21-12+. The molecule has 0 aromatic heterocycles. The summed E-state index contributed by atoms with van der Waals surface area (Å²) in [6.07, 6.45) is 1.11. The maximum absolute atomic E-state index is 12.3. The number of hydrogen-bond donors (Lipinski definition) is 1. The number of oxime groups is 1. The van der Waals surface area contributed by atoms with E-state index >= 15 is 0 Å². The van der Waals surface area contributed by atoms with Crippen LogP contribution in [0.3, 0.4) is 0 Å². The van der Waals surface area contributed by atoms with Crippen molar-refractivity contribution in [2.24, 2.45) is 11.1 Å². The van der Waals surface area contributed by atoms with Crippen LogP contribution in [0, 0.1) is 5.92 Å². The van der Waals surface area contributed by atoms with Crippen LogP contribution < -0.4 is 0 Å². The first-order valence-electron chi connectivity index (χ1n) is 8.25. The fourth-order valence-corrected chi connectivity index (χ4v) is 2.28. The number of carbonyl (C=O) groups is 2. The lowest BCUT2D eigenvalue weighted by molar-refractivity contribution is -0.156. The lowest BCUT2D eigenvalue weighted by Crippen LogP contribution is -2.22. The zero-order valence-electron chi connectivity index (χ0n) is 14.3. The molecule has 0 aliphatic rings. The molecule has 0 amide bonds. The fourth-order valence-electron chi connectivity index (χ4n) is 2.28. The smallest absolute Gasteiger partial charge is 0.310 e. The van der Waals surface area contributed by atoms with Crippen molar-refractivity contribution in [1.82, 2.24) is 0 Å². The SMILES string of the molecule is O=C(CC(C/C=N/O)C(=O)OCc1ccccc1)OCc1ccccc1. The van der Waals surface area contributed by atoms with Crippen LogP contribution in [0.15, 0.2) is 65.8 Å². The second kappa shape index (κ2) is 10.7. The lowest BCUT2D eigenvalue weighted by Gasteiger charge is -2.14. The Morgan fingerprint density at radius 1 is 0.923 bits per heavy atom. The third kappa shape index (κ3) is 6.76. The van der Waals surface area contributed by atoms with E-state index in [9.17, 15) is 9.59 Å². The van der Waals surface area contributed by atoms with E-state index in [4.69, 9.17) is 14.7 Å². The van der Waals surface area contributed by atoms with E-state index in [-0.39, 0.29) is 26.1 Å². The molecule has 6 heteroatoms. The quantitative estimate of drug-likeness (QED) is 0.323. The van der Waals surface area contributed by atoms with Gasteiger partial charge in [-0.05, 0) is 17.5 Å². The largest absolute Gasteiger partial charge is 0.461 e. The molecule has 0 heterocycles. The number of benzene rings is 2. The van der Waals surface area contributed by atoms with Crippen LogP contribution >= 0.6 is 0 Å². The molecule has 2 aromatic rings. The van der Waals surface area contributed by atoms with Crippen LogP contribution in [0.5, 0.6) is 0 Å². The molecule has 0 saturated carbocycles. The number of carbonyl (C=O) groups excluding carboxylic acids is 2. The average Bonchev–Trinajstić information content (AvgIpc) is 2.69. The molecule has 0 fully saturated rings. The summed E-state index contributed by atoms with van der Waals surface area (Å²) >= 11 is 0. The highest BCUT2D eigenvalue weighted by Gasteiger charge is 2.23. The topological polar surface area (TPSA) is 85.2 Å². The van der Waals surface area contributed by atoms with Gasteiger partial charge in [0.1, 0.15) is 13.2 Å². The normalized spacial score (nSPS) is 11.8. The van der Waals surface area contributed by atoms with Gasteiger partial charge < -0.3 is 14.7 Å². The summed E-state index contributed by atoms with van der Waals surface area (Å²) in [5, 5.41) is 11.5. The molecule has 6 nitrogen and oxygen atoms in total. The van der Waals surface area contributed by atoms with E-state index < -0.39 is 17.9 Å². The highest BCUT2D eigenvalue weighted by molar-refractivity contribution is 5.82. The summed E-state index contributed by atoms with van der Waals surface area (Å²) in [4.78, 5) is 24.3. The molecule has 0 aliphatic carbocycles. The van der Waals surface area contributed by atoms with Crippen molar-refractivity contribution >= 4 is 18.2 Å². The molecule has 26 heavy (non-hydrogen) atoms. The molecule has 2 rings (SSSR count). The van der Waals surface area contributed by atoms with Gasteiger partial charge in [0.25, 0.3) is 0 Å². The van der Waals surface area contributed by atoms with Gasteiger partial charge in [-0.3, -0.25) is 9.59 Å². The first kappa shape index (κ1) is 19.2. The zero-order chi connectivity index (χ0) is 18.6. The van der Waals surface area contributed by atoms with Crippen molar-refractivity contribution in [1.29, 1.82) is 0 Å². The highest BCUT2D eigenvalue weighted by Crippen LogP contribution is 2.14. The molecule has 136 valence electrons. The van der Waals surface area contributed by atoms with Gasteiger partial charge in [-0.1, -0.05) is 60.7 Å². The van der Waals surface area contributed by atoms with Gasteiger partial charge in [-0.2, -0.15) is 0 Å². The fraction of sp³-hybridized carbons (Fsp3) is 0.250. The van der Waals surface area contributed by atoms with Crippen molar-refractivity contribution in [2.45, 2.75) is 26.1 Å². The molecule has 0 aliphatic heterocycles. The van der Waals surface area contributed by atoms with Crippen molar-refractivity contribution in [3.8, 4) is 0 Å². The monoisotopic (exact) mass is 355 g/mol. The third-order valence-electron chi connectivity index (χ3n) is 3.68. The third-order valence-corrected chi connectivity index (χ3v) is 3.68. The van der Waals surface area contributed by atoms with E-state index in [1.807, 2.05) is 60.7 Å². The van der Waals surface area contributed by atoms with Crippen LogP contribution in [-0.2, 0) is 32.3 Å². The minimum Gasteiger partial charge on any atom is -0.461 e. The van der Waals surface area contributed by atoms with Gasteiger partial charge >= 0.3 is 11.9 Å². The Hall–Kier alpha value is -3.15. The predicted octanol–water partition coefficient (Wildman–Crippen LogP) is 3.33. The summed E-state index contributed by atoms with van der Waals surface area (Å²) in [5.41, 5.74) is 1.71. The molecule has 0 spiro atoms. The highest BCUT2D eigenvalue weighted by atomic mass is 16.5. The molecule has 1 N–H and O–H groups in total. The molecular formula is C20H21NO5. The molecule has 0 saturated heterocycles. The van der Waals surface area contributed by atoms with E-state index in [1.54, 1.807) is 0 Å². The van der Waals surface area contributed by atoms with Gasteiger partial charge in [-0.15, -0.1) is 5.16 Å². The van der Waals surface area contributed by atoms with E-state index in [1.165, 1.54) is 6.21 Å². The zero-order valence-corrected chi connectivity index (χ0v) is 14.3. The number of rotatable bonds is 9. The van der Waals surface area contributed by atoms with Gasteiger partial charge in [0.2, 0.25) is 0 Å². The Morgan fingerprint density at radius 2 is 1.46 bits per heavy atom. The van der Waals surface area contributed by atoms with Crippen LogP contribution in [0.2, 0.25) is 0 Å². The second-order valence-electron chi connectivity index (χ2n) is 5.67. The van der Waals surface area contributed by atoms with Crippen LogP contribution in [0.25, 0.3) is 0 Å². The average molecular weight is 355 g/mol. The Labute approximate surface area is 152 Å². The van der Waals surface area contributed by atoms with Crippen LogP contribution in [0.4, 0.5) is 0 Å². The van der Waals surface area contributed by atoms with Gasteiger partial charge in [-0.25, -0.2) is 0 Å². The van der Waals surface area contributed by atoms with Crippen LogP contribution in [-0.4, -0.2) is 23.4 Å². The minimum atomic E-state index is -0.766. The number of esters is 2.